The molecule has 3 rings (SSSR count). The molecule has 1 heterocycles. The number of hydrogen-bond acceptors (Lipinski definition) is 4. The molecule has 0 amide bonds. The fraction of sp³-hybridized carbons (Fsp3) is 0.333. The molecule has 0 fully saturated rings. The van der Waals surface area contributed by atoms with Crippen molar-refractivity contribution in [1.29, 1.82) is 0 Å². The van der Waals surface area contributed by atoms with E-state index in [4.69, 9.17) is 16.3 Å². The summed E-state index contributed by atoms with van der Waals surface area (Å²) in [5.41, 5.74) is 2.62. The van der Waals surface area contributed by atoms with Gasteiger partial charge in [-0.25, -0.2) is 0 Å². The second-order valence-corrected chi connectivity index (χ2v) is 4.94. The van der Waals surface area contributed by atoms with Gasteiger partial charge >= 0.3 is 0 Å². The number of aryl methyl sites for hydroxylation is 1. The maximum atomic E-state index is 5.90. The van der Waals surface area contributed by atoms with Crippen LogP contribution < -0.4 is 4.74 Å². The van der Waals surface area contributed by atoms with E-state index in [1.54, 1.807) is 0 Å². The van der Waals surface area contributed by atoms with Crippen molar-refractivity contribution in [3.8, 4) is 5.88 Å². The van der Waals surface area contributed by atoms with Crippen LogP contribution in [0.3, 0.4) is 0 Å². The smallest absolute Gasteiger partial charge is 0.266 e. The fourth-order valence-corrected chi connectivity index (χ4v) is 2.83. The predicted octanol–water partition coefficient (Wildman–Crippen LogP) is 3.65. The van der Waals surface area contributed by atoms with Crippen LogP contribution >= 0.6 is 23.3 Å². The third-order valence-electron chi connectivity index (χ3n) is 2.99. The molecule has 0 spiro atoms. The molecule has 0 saturated carbocycles. The average Bonchev–Trinajstić information content (AvgIpc) is 2.76. The molecule has 0 bridgehead atoms. The molecule has 5 heteroatoms. The fourth-order valence-electron chi connectivity index (χ4n) is 2.21. The molecule has 1 atom stereocenters. The number of ether oxygens (including phenoxy) is 1. The molecule has 88 valence electrons. The number of fused-ring (bicyclic) bond motifs is 1. The number of aromatic nitrogens is 2. The Morgan fingerprint density at radius 3 is 3.00 bits per heavy atom. The minimum Gasteiger partial charge on any atom is -0.467 e. The molecule has 0 N–H and O–H groups in total. The Morgan fingerprint density at radius 1 is 1.29 bits per heavy atom. The zero-order valence-electron chi connectivity index (χ0n) is 9.10. The van der Waals surface area contributed by atoms with Crippen LogP contribution in [0.15, 0.2) is 24.3 Å². The minimum atomic E-state index is 0.0568. The van der Waals surface area contributed by atoms with Gasteiger partial charge in [-0.05, 0) is 30.4 Å². The van der Waals surface area contributed by atoms with Crippen molar-refractivity contribution < 1.29 is 4.74 Å². The Kier molecular flexibility index (Phi) is 2.99. The number of benzene rings is 1. The highest BCUT2D eigenvalue weighted by atomic mass is 35.5. The van der Waals surface area contributed by atoms with E-state index in [9.17, 15) is 0 Å². The summed E-state index contributed by atoms with van der Waals surface area (Å²) in [6, 6.07) is 8.39. The van der Waals surface area contributed by atoms with Gasteiger partial charge in [0, 0.05) is 0 Å². The van der Waals surface area contributed by atoms with Gasteiger partial charge in [0.2, 0.25) is 5.15 Å². The van der Waals surface area contributed by atoms with Crippen LogP contribution in [-0.4, -0.2) is 8.75 Å². The van der Waals surface area contributed by atoms with Crippen LogP contribution in [0.4, 0.5) is 0 Å². The molecule has 3 nitrogen and oxygen atoms in total. The first-order chi connectivity index (χ1) is 8.34. The van der Waals surface area contributed by atoms with E-state index >= 15 is 0 Å². The monoisotopic (exact) mass is 266 g/mol. The summed E-state index contributed by atoms with van der Waals surface area (Å²) >= 11 is 6.98. The molecule has 17 heavy (non-hydrogen) atoms. The molecule has 1 aromatic carbocycles. The van der Waals surface area contributed by atoms with E-state index in [0.717, 1.165) is 31.0 Å². The maximum Gasteiger partial charge on any atom is 0.266 e. The Labute approximate surface area is 109 Å². The van der Waals surface area contributed by atoms with E-state index < -0.39 is 0 Å². The van der Waals surface area contributed by atoms with Crippen LogP contribution in [0.25, 0.3) is 0 Å². The van der Waals surface area contributed by atoms with E-state index in [1.165, 1.54) is 11.1 Å². The second kappa shape index (κ2) is 4.63. The first-order valence-corrected chi connectivity index (χ1v) is 6.68. The van der Waals surface area contributed by atoms with Crippen LogP contribution in [-0.2, 0) is 6.42 Å². The largest absolute Gasteiger partial charge is 0.467 e. The van der Waals surface area contributed by atoms with Gasteiger partial charge in [-0.1, -0.05) is 35.9 Å². The minimum absolute atomic E-state index is 0.0568. The third kappa shape index (κ3) is 2.15. The molecule has 1 unspecified atom stereocenters. The Hall–Kier alpha value is -1.13. The summed E-state index contributed by atoms with van der Waals surface area (Å²) in [6.07, 6.45) is 3.32. The SMILES string of the molecule is Clc1nsnc1OC1CCCc2ccccc21. The summed E-state index contributed by atoms with van der Waals surface area (Å²) < 4.78 is 13.8. The maximum absolute atomic E-state index is 5.90. The van der Waals surface area contributed by atoms with Gasteiger partial charge in [0.15, 0.2) is 0 Å². The van der Waals surface area contributed by atoms with Crippen molar-refractivity contribution in [3.63, 3.8) is 0 Å². The van der Waals surface area contributed by atoms with Gasteiger partial charge in [0.1, 0.15) is 6.10 Å². The first kappa shape index (κ1) is 11.0. The van der Waals surface area contributed by atoms with Crippen LogP contribution in [0.1, 0.15) is 30.1 Å². The van der Waals surface area contributed by atoms with Crippen molar-refractivity contribution >= 4 is 23.3 Å². The number of rotatable bonds is 2. The summed E-state index contributed by atoms with van der Waals surface area (Å²) in [5.74, 6) is 0.457. The second-order valence-electron chi connectivity index (χ2n) is 4.06. The summed E-state index contributed by atoms with van der Waals surface area (Å²) in [7, 11) is 0. The van der Waals surface area contributed by atoms with Gasteiger partial charge in [0.05, 0.1) is 11.7 Å². The molecule has 2 aromatic rings. The molecule has 1 aromatic heterocycles. The lowest BCUT2D eigenvalue weighted by Gasteiger charge is -2.25. The van der Waals surface area contributed by atoms with E-state index in [0.29, 0.717) is 11.0 Å². The molecular formula is C12H11ClN2OS. The van der Waals surface area contributed by atoms with Gasteiger partial charge in [-0.15, -0.1) is 4.37 Å². The lowest BCUT2D eigenvalue weighted by Crippen LogP contribution is -2.15. The lowest BCUT2D eigenvalue weighted by molar-refractivity contribution is 0.177. The van der Waals surface area contributed by atoms with Crippen molar-refractivity contribution in [2.24, 2.45) is 0 Å². The highest BCUT2D eigenvalue weighted by Gasteiger charge is 2.23. The van der Waals surface area contributed by atoms with Crippen molar-refractivity contribution in [3.05, 3.63) is 40.5 Å². The molecule has 1 aliphatic rings. The number of nitrogens with zero attached hydrogens (tertiary/aromatic N) is 2. The zero-order chi connectivity index (χ0) is 11.7. The average molecular weight is 267 g/mol. The molecule has 0 radical (unpaired) electrons. The van der Waals surface area contributed by atoms with Crippen molar-refractivity contribution in [2.75, 3.05) is 0 Å². The Balaban J connectivity index is 1.88. The summed E-state index contributed by atoms with van der Waals surface area (Å²) in [5, 5.41) is 0.359. The highest BCUT2D eigenvalue weighted by molar-refractivity contribution is 6.99. The Bertz CT molecular complexity index is 529. The van der Waals surface area contributed by atoms with Crippen LogP contribution in [0, 0.1) is 0 Å². The number of hydrogen-bond donors (Lipinski definition) is 0. The van der Waals surface area contributed by atoms with Gasteiger partial charge in [-0.3, -0.25) is 0 Å². The topological polar surface area (TPSA) is 35.0 Å². The molecular weight excluding hydrogens is 256 g/mol. The standard InChI is InChI=1S/C12H11ClN2OS/c13-11-12(15-17-14-11)16-10-7-3-5-8-4-1-2-6-9(8)10/h1-2,4,6,10H,3,5,7H2. The van der Waals surface area contributed by atoms with Crippen LogP contribution in [0.2, 0.25) is 5.15 Å². The number of halogens is 1. The molecule has 0 saturated heterocycles. The van der Waals surface area contributed by atoms with Gasteiger partial charge < -0.3 is 4.74 Å². The normalized spacial score (nSPS) is 18.8. The van der Waals surface area contributed by atoms with Crippen LogP contribution in [0.5, 0.6) is 5.88 Å². The predicted molar refractivity (Wildman–Crippen MR) is 67.7 cm³/mol. The summed E-state index contributed by atoms with van der Waals surface area (Å²) in [6.45, 7) is 0. The van der Waals surface area contributed by atoms with E-state index in [-0.39, 0.29) is 6.10 Å². The third-order valence-corrected chi connectivity index (χ3v) is 3.85. The lowest BCUT2D eigenvalue weighted by atomic mass is 9.89. The van der Waals surface area contributed by atoms with Crippen molar-refractivity contribution in [2.45, 2.75) is 25.4 Å². The molecule has 0 aliphatic heterocycles. The van der Waals surface area contributed by atoms with E-state index in [1.807, 2.05) is 6.07 Å². The zero-order valence-corrected chi connectivity index (χ0v) is 10.7. The summed E-state index contributed by atoms with van der Waals surface area (Å²) in [4.78, 5) is 0. The van der Waals surface area contributed by atoms with E-state index in [2.05, 4.69) is 26.9 Å². The highest BCUT2D eigenvalue weighted by Crippen LogP contribution is 2.34. The quantitative estimate of drug-likeness (QED) is 0.832. The van der Waals surface area contributed by atoms with Gasteiger partial charge in [0.25, 0.3) is 5.88 Å². The van der Waals surface area contributed by atoms with Crippen molar-refractivity contribution in [1.82, 2.24) is 8.75 Å². The van der Waals surface area contributed by atoms with Gasteiger partial charge in [-0.2, -0.15) is 4.37 Å². The Morgan fingerprint density at radius 2 is 2.18 bits per heavy atom. The molecule has 1 aliphatic carbocycles. The first-order valence-electron chi connectivity index (χ1n) is 5.57.